The molecule has 0 spiro atoms. The molecule has 28 heavy (non-hydrogen) atoms. The van der Waals surface area contributed by atoms with E-state index in [0.717, 1.165) is 12.1 Å². The van der Waals surface area contributed by atoms with Gasteiger partial charge in [0.25, 0.3) is 5.91 Å². The number of furan rings is 1. The highest BCUT2D eigenvalue weighted by Crippen LogP contribution is 2.34. The van der Waals surface area contributed by atoms with E-state index in [2.05, 4.69) is 10.3 Å². The fraction of sp³-hybridized carbons (Fsp3) is 0.286. The molecule has 0 radical (unpaired) electrons. The second kappa shape index (κ2) is 6.99. The highest BCUT2D eigenvalue weighted by molar-refractivity contribution is 6.09. The van der Waals surface area contributed by atoms with Gasteiger partial charge in [-0.15, -0.1) is 0 Å². The quantitative estimate of drug-likeness (QED) is 0.685. The van der Waals surface area contributed by atoms with E-state index in [1.54, 1.807) is 31.3 Å². The number of benzene rings is 1. The number of hydrogen-bond donors (Lipinski definition) is 2. The third kappa shape index (κ3) is 3.19. The van der Waals surface area contributed by atoms with Crippen molar-refractivity contribution in [1.29, 1.82) is 0 Å². The largest absolute Gasteiger partial charge is 0.487 e. The first-order valence-electron chi connectivity index (χ1n) is 9.17. The molecule has 2 amide bonds. The van der Waals surface area contributed by atoms with Crippen LogP contribution in [0.3, 0.4) is 0 Å². The highest BCUT2D eigenvalue weighted by Gasteiger charge is 2.44. The van der Waals surface area contributed by atoms with Gasteiger partial charge in [0.05, 0.1) is 11.3 Å². The zero-order valence-electron chi connectivity index (χ0n) is 15.5. The number of rotatable bonds is 6. The molecule has 2 aromatic heterocycles. The number of aryl methyl sites for hydroxylation is 1. The first-order valence-corrected chi connectivity index (χ1v) is 9.17. The summed E-state index contributed by atoms with van der Waals surface area (Å²) in [6.07, 6.45) is 3.68. The van der Waals surface area contributed by atoms with Crippen molar-refractivity contribution in [2.24, 2.45) is 5.73 Å². The molecule has 0 atom stereocenters. The van der Waals surface area contributed by atoms with Crippen molar-refractivity contribution in [2.75, 3.05) is 0 Å². The zero-order valence-corrected chi connectivity index (χ0v) is 15.5. The van der Waals surface area contributed by atoms with Crippen LogP contribution in [-0.2, 0) is 11.4 Å². The molecule has 0 bridgehead atoms. The minimum atomic E-state index is -0.958. The third-order valence-electron chi connectivity index (χ3n) is 5.21. The number of carbonyl (C=O) groups excluding carboxylic acids is 2. The number of pyridine rings is 1. The molecule has 1 aliphatic rings. The van der Waals surface area contributed by atoms with E-state index in [1.807, 2.05) is 18.2 Å². The number of carbonyl (C=O) groups is 2. The van der Waals surface area contributed by atoms with E-state index in [0.29, 0.717) is 47.5 Å². The molecule has 3 N–H and O–H groups in total. The summed E-state index contributed by atoms with van der Waals surface area (Å²) in [5.74, 6) is 0.211. The summed E-state index contributed by atoms with van der Waals surface area (Å²) in [7, 11) is 0. The number of amides is 2. The minimum absolute atomic E-state index is 0.315. The lowest BCUT2D eigenvalue weighted by molar-refractivity contribution is -0.127. The second-order valence-electron chi connectivity index (χ2n) is 7.05. The summed E-state index contributed by atoms with van der Waals surface area (Å²) in [5.41, 5.74) is 6.32. The minimum Gasteiger partial charge on any atom is -0.487 e. The number of nitrogens with two attached hydrogens (primary N) is 1. The summed E-state index contributed by atoms with van der Waals surface area (Å²) < 4.78 is 11.5. The Balaban J connectivity index is 1.60. The first-order chi connectivity index (χ1) is 13.5. The molecule has 4 rings (SSSR count). The predicted molar refractivity (Wildman–Crippen MR) is 103 cm³/mol. The topological polar surface area (TPSA) is 107 Å². The van der Waals surface area contributed by atoms with Crippen molar-refractivity contribution >= 4 is 22.8 Å². The molecule has 1 saturated carbocycles. The average Bonchev–Trinajstić information content (AvgIpc) is 2.98. The smallest absolute Gasteiger partial charge is 0.256 e. The van der Waals surface area contributed by atoms with Crippen LogP contribution in [0.1, 0.15) is 41.1 Å². The van der Waals surface area contributed by atoms with Gasteiger partial charge in [-0.05, 0) is 56.5 Å². The molecule has 0 unspecified atom stereocenters. The van der Waals surface area contributed by atoms with Gasteiger partial charge in [-0.25, -0.2) is 0 Å². The maximum atomic E-state index is 12.9. The van der Waals surface area contributed by atoms with E-state index in [1.165, 1.54) is 0 Å². The second-order valence-corrected chi connectivity index (χ2v) is 7.05. The average molecular weight is 379 g/mol. The molecule has 1 aliphatic carbocycles. The Kier molecular flexibility index (Phi) is 4.50. The van der Waals surface area contributed by atoms with Crippen LogP contribution in [0.25, 0.3) is 11.0 Å². The Hall–Kier alpha value is -3.35. The summed E-state index contributed by atoms with van der Waals surface area (Å²) in [6.45, 7) is 2.04. The van der Waals surface area contributed by atoms with Crippen LogP contribution in [0.15, 0.2) is 47.0 Å². The lowest BCUT2D eigenvalue weighted by atomic mass is 9.76. The predicted octanol–water partition coefficient (Wildman–Crippen LogP) is 2.85. The molecule has 144 valence electrons. The molecular weight excluding hydrogens is 358 g/mol. The van der Waals surface area contributed by atoms with Gasteiger partial charge in [-0.2, -0.15) is 0 Å². The number of aromatic nitrogens is 1. The van der Waals surface area contributed by atoms with E-state index in [9.17, 15) is 9.59 Å². The Morgan fingerprint density at radius 1 is 1.29 bits per heavy atom. The Labute approximate surface area is 161 Å². The van der Waals surface area contributed by atoms with Gasteiger partial charge in [-0.1, -0.05) is 6.07 Å². The van der Waals surface area contributed by atoms with Crippen LogP contribution < -0.4 is 15.8 Å². The van der Waals surface area contributed by atoms with Crippen molar-refractivity contribution in [3.8, 4) is 5.75 Å². The molecule has 0 aliphatic heterocycles. The molecule has 7 heteroatoms. The van der Waals surface area contributed by atoms with Gasteiger partial charge in [0.1, 0.15) is 29.2 Å². The van der Waals surface area contributed by atoms with Gasteiger partial charge in [-0.3, -0.25) is 14.6 Å². The van der Waals surface area contributed by atoms with Crippen molar-refractivity contribution in [1.82, 2.24) is 10.3 Å². The molecule has 3 aromatic rings. The van der Waals surface area contributed by atoms with Crippen LogP contribution >= 0.6 is 0 Å². The number of nitrogens with one attached hydrogen (secondary N) is 1. The van der Waals surface area contributed by atoms with Gasteiger partial charge in [0.15, 0.2) is 0 Å². The normalized spacial score (nSPS) is 15.0. The lowest BCUT2D eigenvalue weighted by Gasteiger charge is -2.39. The van der Waals surface area contributed by atoms with Gasteiger partial charge in [0.2, 0.25) is 5.91 Å². The van der Waals surface area contributed by atoms with Crippen molar-refractivity contribution in [3.05, 3.63) is 59.6 Å². The molecule has 0 saturated heterocycles. The fourth-order valence-electron chi connectivity index (χ4n) is 3.45. The standard InChI is InChI=1S/C21H21N3O4/c1-13-18(19(25)24-21(20(22)26)8-4-9-21)16-11-15(6-7-17(16)28-13)27-12-14-5-2-3-10-23-14/h2-3,5-7,10-11H,4,8-9,12H2,1H3,(H2,22,26)(H,24,25). The van der Waals surface area contributed by atoms with Gasteiger partial charge >= 0.3 is 0 Å². The van der Waals surface area contributed by atoms with Crippen LogP contribution in [0, 0.1) is 6.92 Å². The summed E-state index contributed by atoms with van der Waals surface area (Å²) in [5, 5.41) is 3.45. The number of nitrogens with zero attached hydrogens (tertiary/aromatic N) is 1. The number of fused-ring (bicyclic) bond motifs is 1. The Morgan fingerprint density at radius 3 is 2.75 bits per heavy atom. The third-order valence-corrected chi connectivity index (χ3v) is 5.21. The Bertz CT molecular complexity index is 1040. The lowest BCUT2D eigenvalue weighted by Crippen LogP contribution is -2.61. The van der Waals surface area contributed by atoms with E-state index in [-0.39, 0.29) is 5.91 Å². The van der Waals surface area contributed by atoms with E-state index >= 15 is 0 Å². The van der Waals surface area contributed by atoms with Crippen molar-refractivity contribution in [3.63, 3.8) is 0 Å². The maximum Gasteiger partial charge on any atom is 0.256 e. The monoisotopic (exact) mass is 379 g/mol. The van der Waals surface area contributed by atoms with E-state index in [4.69, 9.17) is 14.9 Å². The number of primary amides is 1. The number of ether oxygens (including phenoxy) is 1. The molecule has 7 nitrogen and oxygen atoms in total. The summed E-state index contributed by atoms with van der Waals surface area (Å²) in [6, 6.07) is 10.9. The molecule has 2 heterocycles. The molecule has 1 fully saturated rings. The van der Waals surface area contributed by atoms with E-state index < -0.39 is 11.4 Å². The highest BCUT2D eigenvalue weighted by atomic mass is 16.5. The molecular formula is C21H21N3O4. The molecule has 1 aromatic carbocycles. The van der Waals surface area contributed by atoms with Gasteiger partial charge < -0.3 is 20.2 Å². The van der Waals surface area contributed by atoms with Crippen LogP contribution in [0.2, 0.25) is 0 Å². The van der Waals surface area contributed by atoms with Crippen LogP contribution in [0.5, 0.6) is 5.75 Å². The van der Waals surface area contributed by atoms with Crippen molar-refractivity contribution < 1.29 is 18.7 Å². The number of hydrogen-bond acceptors (Lipinski definition) is 5. The SMILES string of the molecule is Cc1oc2ccc(OCc3ccccn3)cc2c1C(=O)NC1(C(N)=O)CCC1. The fourth-order valence-corrected chi connectivity index (χ4v) is 3.45. The zero-order chi connectivity index (χ0) is 19.7. The Morgan fingerprint density at radius 2 is 2.11 bits per heavy atom. The maximum absolute atomic E-state index is 12.9. The van der Waals surface area contributed by atoms with Gasteiger partial charge in [0, 0.05) is 11.6 Å². The van der Waals surface area contributed by atoms with Crippen LogP contribution in [-0.4, -0.2) is 22.3 Å². The summed E-state index contributed by atoms with van der Waals surface area (Å²) >= 11 is 0. The summed E-state index contributed by atoms with van der Waals surface area (Å²) in [4.78, 5) is 28.9. The first kappa shape index (κ1) is 18.0. The van der Waals surface area contributed by atoms with Crippen LogP contribution in [0.4, 0.5) is 0 Å². The van der Waals surface area contributed by atoms with Crippen molar-refractivity contribution in [2.45, 2.75) is 38.3 Å².